The summed E-state index contributed by atoms with van der Waals surface area (Å²) < 4.78 is 10.6. The van der Waals surface area contributed by atoms with Gasteiger partial charge in [0.15, 0.2) is 11.5 Å². The Bertz CT molecular complexity index is 1100. The average molecular weight is 374 g/mol. The van der Waals surface area contributed by atoms with E-state index in [0.29, 0.717) is 36.3 Å². The fraction of sp³-hybridized carbons (Fsp3) is 0.158. The Morgan fingerprint density at radius 1 is 1.07 bits per heavy atom. The minimum atomic E-state index is -0.184. The molecule has 1 aliphatic heterocycles. The summed E-state index contributed by atoms with van der Waals surface area (Å²) in [7, 11) is 0. The Kier molecular flexibility index (Phi) is 3.90. The lowest BCUT2D eigenvalue weighted by Crippen LogP contribution is -2.48. The van der Waals surface area contributed by atoms with Gasteiger partial charge in [0.2, 0.25) is 11.7 Å². The normalized spacial score (nSPS) is 14.1. The molecular formula is C19H14N6O3. The summed E-state index contributed by atoms with van der Waals surface area (Å²) in [5.41, 5.74) is 1.70. The highest BCUT2D eigenvalue weighted by Crippen LogP contribution is 2.29. The third kappa shape index (κ3) is 2.92. The van der Waals surface area contributed by atoms with E-state index in [4.69, 9.17) is 9.05 Å². The van der Waals surface area contributed by atoms with Crippen LogP contribution >= 0.6 is 0 Å². The highest BCUT2D eigenvalue weighted by Gasteiger charge is 2.37. The Labute approximate surface area is 159 Å². The number of likely N-dealkylation sites (tertiary alicyclic amines) is 1. The average Bonchev–Trinajstić information content (AvgIpc) is 3.38. The maximum absolute atomic E-state index is 12.6. The first-order valence-corrected chi connectivity index (χ1v) is 8.69. The Balaban J connectivity index is 1.24. The smallest absolute Gasteiger partial charge is 0.276 e. The molecule has 9 heteroatoms. The lowest BCUT2D eigenvalue weighted by atomic mass is 9.99. The Morgan fingerprint density at radius 3 is 2.71 bits per heavy atom. The fourth-order valence-corrected chi connectivity index (χ4v) is 3.00. The van der Waals surface area contributed by atoms with Gasteiger partial charge in [-0.2, -0.15) is 4.98 Å². The minimum absolute atomic E-state index is 0.0117. The van der Waals surface area contributed by atoms with Crippen molar-refractivity contribution >= 4 is 5.91 Å². The predicted molar refractivity (Wildman–Crippen MR) is 95.9 cm³/mol. The van der Waals surface area contributed by atoms with Gasteiger partial charge in [0.25, 0.3) is 5.91 Å². The van der Waals surface area contributed by atoms with E-state index in [2.05, 4.69) is 25.3 Å². The second-order valence-corrected chi connectivity index (χ2v) is 6.40. The molecule has 0 N–H and O–H groups in total. The van der Waals surface area contributed by atoms with E-state index in [1.165, 1.54) is 0 Å². The van der Waals surface area contributed by atoms with E-state index in [-0.39, 0.29) is 17.5 Å². The second kappa shape index (κ2) is 6.69. The maximum Gasteiger partial charge on any atom is 0.276 e. The van der Waals surface area contributed by atoms with Crippen molar-refractivity contribution in [2.24, 2.45) is 0 Å². The van der Waals surface area contributed by atoms with E-state index in [9.17, 15) is 4.79 Å². The van der Waals surface area contributed by atoms with Crippen molar-refractivity contribution in [3.8, 4) is 22.8 Å². The summed E-state index contributed by atoms with van der Waals surface area (Å²) in [5, 5.41) is 7.84. The number of nitrogens with zero attached hydrogens (tertiary/aromatic N) is 6. The summed E-state index contributed by atoms with van der Waals surface area (Å²) in [6.07, 6.45) is 4.71. The van der Waals surface area contributed by atoms with Crippen LogP contribution in [0.15, 0.2) is 64.0 Å². The third-order valence-corrected chi connectivity index (χ3v) is 4.54. The van der Waals surface area contributed by atoms with Crippen molar-refractivity contribution in [3.63, 3.8) is 0 Å². The first kappa shape index (κ1) is 16.3. The summed E-state index contributed by atoms with van der Waals surface area (Å²) in [5.74, 6) is 1.23. The van der Waals surface area contributed by atoms with Gasteiger partial charge >= 0.3 is 0 Å². The SMILES string of the molecule is O=C(c1cc(-c2ccccc2)on1)N1CC(c2nc(-c3cnccn3)no2)C1. The molecule has 0 unspecified atom stereocenters. The maximum atomic E-state index is 12.6. The molecule has 1 amide bonds. The molecule has 0 saturated carbocycles. The van der Waals surface area contributed by atoms with Crippen LogP contribution in [0.2, 0.25) is 0 Å². The van der Waals surface area contributed by atoms with E-state index in [0.717, 1.165) is 5.56 Å². The zero-order valence-corrected chi connectivity index (χ0v) is 14.6. The van der Waals surface area contributed by atoms with Crippen LogP contribution in [0.1, 0.15) is 22.3 Å². The number of hydrogen-bond acceptors (Lipinski definition) is 8. The molecule has 0 spiro atoms. The summed E-state index contributed by atoms with van der Waals surface area (Å²) in [6.45, 7) is 0.961. The van der Waals surface area contributed by atoms with Gasteiger partial charge in [0, 0.05) is 37.1 Å². The Hall–Kier alpha value is -3.88. The van der Waals surface area contributed by atoms with Crippen molar-refractivity contribution in [2.75, 3.05) is 13.1 Å². The topological polar surface area (TPSA) is 111 Å². The number of benzene rings is 1. The Morgan fingerprint density at radius 2 is 1.93 bits per heavy atom. The van der Waals surface area contributed by atoms with Crippen LogP contribution in [-0.4, -0.2) is 49.2 Å². The van der Waals surface area contributed by atoms with Crippen LogP contribution in [0.3, 0.4) is 0 Å². The molecule has 4 aromatic rings. The molecule has 5 rings (SSSR count). The van der Waals surface area contributed by atoms with E-state index >= 15 is 0 Å². The molecule has 0 radical (unpaired) electrons. The molecule has 138 valence electrons. The van der Waals surface area contributed by atoms with Gasteiger partial charge in [0.05, 0.1) is 12.1 Å². The van der Waals surface area contributed by atoms with Crippen molar-refractivity contribution < 1.29 is 13.8 Å². The van der Waals surface area contributed by atoms with E-state index in [1.54, 1.807) is 29.6 Å². The standard InChI is InChI=1S/C19H14N6O3/c26-19(14-8-16(27-23-14)12-4-2-1-3-5-12)25-10-13(11-25)18-22-17(24-28-18)15-9-20-6-7-21-15/h1-9,13H,10-11H2. The second-order valence-electron chi connectivity index (χ2n) is 6.40. The molecule has 1 fully saturated rings. The van der Waals surface area contributed by atoms with Gasteiger partial charge in [0.1, 0.15) is 5.69 Å². The number of carbonyl (C=O) groups is 1. The number of aromatic nitrogens is 5. The van der Waals surface area contributed by atoms with Gasteiger partial charge in [-0.3, -0.25) is 9.78 Å². The number of hydrogen-bond donors (Lipinski definition) is 0. The summed E-state index contributed by atoms with van der Waals surface area (Å²) >= 11 is 0. The number of amides is 1. The van der Waals surface area contributed by atoms with Crippen LogP contribution in [0.25, 0.3) is 22.8 Å². The quantitative estimate of drug-likeness (QED) is 0.535. The van der Waals surface area contributed by atoms with Crippen LogP contribution in [0.5, 0.6) is 0 Å². The molecule has 9 nitrogen and oxygen atoms in total. The minimum Gasteiger partial charge on any atom is -0.355 e. The zero-order valence-electron chi connectivity index (χ0n) is 14.6. The molecule has 0 aliphatic carbocycles. The van der Waals surface area contributed by atoms with Gasteiger partial charge in [-0.05, 0) is 0 Å². The molecule has 28 heavy (non-hydrogen) atoms. The zero-order chi connectivity index (χ0) is 18.9. The van der Waals surface area contributed by atoms with Crippen molar-refractivity contribution in [3.05, 3.63) is 66.6 Å². The monoisotopic (exact) mass is 374 g/mol. The van der Waals surface area contributed by atoms with Crippen molar-refractivity contribution in [1.82, 2.24) is 30.2 Å². The predicted octanol–water partition coefficient (Wildman–Crippen LogP) is 2.42. The molecule has 4 heterocycles. The van der Waals surface area contributed by atoms with Gasteiger partial charge in [-0.1, -0.05) is 40.6 Å². The molecule has 1 aromatic carbocycles. The fourth-order valence-electron chi connectivity index (χ4n) is 3.00. The van der Waals surface area contributed by atoms with Gasteiger partial charge in [-0.15, -0.1) is 0 Å². The van der Waals surface area contributed by atoms with Crippen molar-refractivity contribution in [2.45, 2.75) is 5.92 Å². The summed E-state index contributed by atoms with van der Waals surface area (Å²) in [6, 6.07) is 11.2. The largest absolute Gasteiger partial charge is 0.355 e. The first-order valence-electron chi connectivity index (χ1n) is 8.69. The first-order chi connectivity index (χ1) is 13.8. The number of carbonyl (C=O) groups excluding carboxylic acids is 1. The van der Waals surface area contributed by atoms with Gasteiger partial charge in [-0.25, -0.2) is 4.98 Å². The number of rotatable bonds is 4. The molecule has 1 saturated heterocycles. The van der Waals surface area contributed by atoms with Crippen molar-refractivity contribution in [1.29, 1.82) is 0 Å². The third-order valence-electron chi connectivity index (χ3n) is 4.54. The van der Waals surface area contributed by atoms with Crippen LogP contribution < -0.4 is 0 Å². The van der Waals surface area contributed by atoms with E-state index < -0.39 is 0 Å². The van der Waals surface area contributed by atoms with Crippen LogP contribution in [-0.2, 0) is 0 Å². The van der Waals surface area contributed by atoms with Crippen LogP contribution in [0, 0.1) is 0 Å². The molecule has 0 atom stereocenters. The lowest BCUT2D eigenvalue weighted by molar-refractivity contribution is 0.0559. The molecule has 3 aromatic heterocycles. The van der Waals surface area contributed by atoms with Gasteiger partial charge < -0.3 is 13.9 Å². The van der Waals surface area contributed by atoms with Crippen LogP contribution in [0.4, 0.5) is 0 Å². The lowest BCUT2D eigenvalue weighted by Gasteiger charge is -2.36. The molecule has 0 bridgehead atoms. The summed E-state index contributed by atoms with van der Waals surface area (Å²) in [4.78, 5) is 26.8. The highest BCUT2D eigenvalue weighted by molar-refractivity contribution is 5.93. The molecular weight excluding hydrogens is 360 g/mol. The molecule has 1 aliphatic rings. The van der Waals surface area contributed by atoms with E-state index in [1.807, 2.05) is 30.3 Å². The highest BCUT2D eigenvalue weighted by atomic mass is 16.5.